The largest absolute Gasteiger partial charge is 0.351 e. The first-order valence-electron chi connectivity index (χ1n) is 9.23. The second-order valence-electron chi connectivity index (χ2n) is 7.53. The van der Waals surface area contributed by atoms with E-state index >= 15 is 0 Å². The van der Waals surface area contributed by atoms with E-state index in [2.05, 4.69) is 53.5 Å². The van der Waals surface area contributed by atoms with Crippen LogP contribution in [0.5, 0.6) is 0 Å². The van der Waals surface area contributed by atoms with Gasteiger partial charge >= 0.3 is 0 Å². The lowest BCUT2D eigenvalue weighted by Gasteiger charge is -2.39. The van der Waals surface area contributed by atoms with Crippen molar-refractivity contribution in [2.75, 3.05) is 13.1 Å². The summed E-state index contributed by atoms with van der Waals surface area (Å²) in [7, 11) is 0. The van der Waals surface area contributed by atoms with Crippen LogP contribution < -0.4 is 0 Å². The molecule has 3 heteroatoms. The predicted octanol–water partition coefficient (Wildman–Crippen LogP) is 4.36. The first kappa shape index (κ1) is 14.8. The van der Waals surface area contributed by atoms with Crippen molar-refractivity contribution in [2.24, 2.45) is 5.92 Å². The van der Waals surface area contributed by atoms with Crippen LogP contribution in [0.2, 0.25) is 0 Å². The molecule has 0 unspecified atom stereocenters. The first-order valence-corrected chi connectivity index (χ1v) is 9.23. The Kier molecular flexibility index (Phi) is 3.40. The Labute approximate surface area is 147 Å². The second-order valence-corrected chi connectivity index (χ2v) is 7.53. The molecule has 1 aromatic heterocycles. The lowest BCUT2D eigenvalue weighted by molar-refractivity contribution is 0.0496. The number of hydrogen-bond acceptors (Lipinski definition) is 1. The number of likely N-dealkylation sites (tertiary alicyclic amines) is 1. The third-order valence-electron chi connectivity index (χ3n) is 5.56. The number of amides is 1. The molecule has 0 spiro atoms. The van der Waals surface area contributed by atoms with Gasteiger partial charge in [0.05, 0.1) is 0 Å². The third-order valence-corrected chi connectivity index (χ3v) is 5.56. The molecule has 3 aromatic rings. The fourth-order valence-electron chi connectivity index (χ4n) is 4.03. The number of H-pyrrole nitrogens is 1. The van der Waals surface area contributed by atoms with Crippen LogP contribution in [0.25, 0.3) is 10.9 Å². The zero-order chi connectivity index (χ0) is 16.8. The van der Waals surface area contributed by atoms with Gasteiger partial charge in [-0.25, -0.2) is 0 Å². The van der Waals surface area contributed by atoms with E-state index in [0.717, 1.165) is 30.7 Å². The van der Waals surface area contributed by atoms with Crippen LogP contribution in [-0.2, 0) is 6.42 Å². The zero-order valence-corrected chi connectivity index (χ0v) is 14.2. The van der Waals surface area contributed by atoms with Gasteiger partial charge in [0.2, 0.25) is 0 Å². The monoisotopic (exact) mass is 330 g/mol. The van der Waals surface area contributed by atoms with Crippen LogP contribution in [0.15, 0.2) is 54.6 Å². The molecule has 0 bridgehead atoms. The van der Waals surface area contributed by atoms with Crippen molar-refractivity contribution in [1.82, 2.24) is 9.88 Å². The molecule has 1 aliphatic heterocycles. The van der Waals surface area contributed by atoms with Crippen molar-refractivity contribution in [2.45, 2.75) is 25.2 Å². The number of carbonyl (C=O) groups is 1. The molecule has 2 fully saturated rings. The molecule has 25 heavy (non-hydrogen) atoms. The molecule has 3 nitrogen and oxygen atoms in total. The smallest absolute Gasteiger partial charge is 0.270 e. The number of benzene rings is 2. The van der Waals surface area contributed by atoms with Gasteiger partial charge < -0.3 is 9.88 Å². The summed E-state index contributed by atoms with van der Waals surface area (Å²) in [5.41, 5.74) is 4.59. The summed E-state index contributed by atoms with van der Waals surface area (Å²) in [6.07, 6.45) is 3.62. The molecule has 126 valence electrons. The summed E-state index contributed by atoms with van der Waals surface area (Å²) in [6, 6.07) is 19.0. The SMILES string of the molecule is O=C(c1cc2c(C3CC3)cccc2[nH]1)N1CC(Cc2ccccc2)C1. The third kappa shape index (κ3) is 2.74. The van der Waals surface area contributed by atoms with E-state index in [4.69, 9.17) is 0 Å². The van der Waals surface area contributed by atoms with Gasteiger partial charge in [0.15, 0.2) is 0 Å². The Hall–Kier alpha value is -2.55. The minimum atomic E-state index is 0.141. The fourth-order valence-corrected chi connectivity index (χ4v) is 4.03. The van der Waals surface area contributed by atoms with E-state index in [1.165, 1.54) is 29.4 Å². The number of fused-ring (bicyclic) bond motifs is 1. The molecular formula is C22H22N2O. The second kappa shape index (κ2) is 5.76. The van der Waals surface area contributed by atoms with Crippen molar-refractivity contribution in [3.8, 4) is 0 Å². The molecule has 2 aromatic carbocycles. The number of aromatic nitrogens is 1. The number of nitrogens with one attached hydrogen (secondary N) is 1. The van der Waals surface area contributed by atoms with Crippen molar-refractivity contribution < 1.29 is 4.79 Å². The Balaban J connectivity index is 1.29. The zero-order valence-electron chi connectivity index (χ0n) is 14.2. The maximum absolute atomic E-state index is 12.8. The lowest BCUT2D eigenvalue weighted by Crippen LogP contribution is -2.50. The van der Waals surface area contributed by atoms with Gasteiger partial charge in [-0.3, -0.25) is 4.79 Å². The molecule has 2 aliphatic rings. The highest BCUT2D eigenvalue weighted by atomic mass is 16.2. The molecule has 1 saturated carbocycles. The fraction of sp³-hybridized carbons (Fsp3) is 0.318. The molecule has 1 N–H and O–H groups in total. The highest BCUT2D eigenvalue weighted by molar-refractivity contribution is 5.99. The Morgan fingerprint density at radius 3 is 2.60 bits per heavy atom. The summed E-state index contributed by atoms with van der Waals surface area (Å²) < 4.78 is 0. The molecule has 1 saturated heterocycles. The van der Waals surface area contributed by atoms with Crippen LogP contribution in [0.1, 0.15) is 40.4 Å². The number of rotatable bonds is 4. The van der Waals surface area contributed by atoms with E-state index in [-0.39, 0.29) is 5.91 Å². The molecule has 1 amide bonds. The van der Waals surface area contributed by atoms with Crippen LogP contribution >= 0.6 is 0 Å². The number of nitrogens with zero attached hydrogens (tertiary/aromatic N) is 1. The predicted molar refractivity (Wildman–Crippen MR) is 99.8 cm³/mol. The van der Waals surface area contributed by atoms with E-state index in [0.29, 0.717) is 11.8 Å². The summed E-state index contributed by atoms with van der Waals surface area (Å²) >= 11 is 0. The van der Waals surface area contributed by atoms with Crippen molar-refractivity contribution in [1.29, 1.82) is 0 Å². The molecular weight excluding hydrogens is 308 g/mol. The van der Waals surface area contributed by atoms with Gasteiger partial charge in [0.25, 0.3) is 5.91 Å². The van der Waals surface area contributed by atoms with E-state index in [1.54, 1.807) is 0 Å². The van der Waals surface area contributed by atoms with E-state index in [1.807, 2.05) is 11.0 Å². The number of aromatic amines is 1. The molecule has 2 heterocycles. The minimum Gasteiger partial charge on any atom is -0.351 e. The highest BCUT2D eigenvalue weighted by Gasteiger charge is 2.32. The molecule has 0 atom stereocenters. The Morgan fingerprint density at radius 2 is 1.84 bits per heavy atom. The average molecular weight is 330 g/mol. The molecule has 1 aliphatic carbocycles. The number of carbonyl (C=O) groups excluding carboxylic acids is 1. The van der Waals surface area contributed by atoms with Crippen molar-refractivity contribution in [3.05, 3.63) is 71.4 Å². The highest BCUT2D eigenvalue weighted by Crippen LogP contribution is 2.43. The Bertz CT molecular complexity index is 918. The van der Waals surface area contributed by atoms with Crippen molar-refractivity contribution >= 4 is 16.8 Å². The average Bonchev–Trinajstić information content (AvgIpc) is 3.35. The topological polar surface area (TPSA) is 36.1 Å². The number of hydrogen-bond donors (Lipinski definition) is 1. The maximum atomic E-state index is 12.8. The van der Waals surface area contributed by atoms with Gasteiger partial charge in [0.1, 0.15) is 5.69 Å². The van der Waals surface area contributed by atoms with Gasteiger partial charge in [-0.15, -0.1) is 0 Å². The first-order chi connectivity index (χ1) is 12.3. The van der Waals surface area contributed by atoms with Gasteiger partial charge in [-0.2, -0.15) is 0 Å². The van der Waals surface area contributed by atoms with E-state index in [9.17, 15) is 4.79 Å². The Morgan fingerprint density at radius 1 is 1.04 bits per heavy atom. The van der Waals surface area contributed by atoms with Gasteiger partial charge in [-0.05, 0) is 54.4 Å². The normalized spacial score (nSPS) is 17.7. The maximum Gasteiger partial charge on any atom is 0.270 e. The lowest BCUT2D eigenvalue weighted by atomic mass is 9.92. The van der Waals surface area contributed by atoms with Crippen LogP contribution in [0.3, 0.4) is 0 Å². The van der Waals surface area contributed by atoms with Crippen LogP contribution in [0.4, 0.5) is 0 Å². The molecule has 0 radical (unpaired) electrons. The van der Waals surface area contributed by atoms with Crippen LogP contribution in [-0.4, -0.2) is 28.9 Å². The van der Waals surface area contributed by atoms with Gasteiger partial charge in [0, 0.05) is 24.0 Å². The van der Waals surface area contributed by atoms with E-state index < -0.39 is 0 Å². The summed E-state index contributed by atoms with van der Waals surface area (Å²) in [5, 5.41) is 1.23. The summed E-state index contributed by atoms with van der Waals surface area (Å²) in [6.45, 7) is 1.72. The molecule has 5 rings (SSSR count). The van der Waals surface area contributed by atoms with Gasteiger partial charge in [-0.1, -0.05) is 42.5 Å². The summed E-state index contributed by atoms with van der Waals surface area (Å²) in [4.78, 5) is 18.1. The summed E-state index contributed by atoms with van der Waals surface area (Å²) in [5.74, 6) is 1.42. The minimum absolute atomic E-state index is 0.141. The quantitative estimate of drug-likeness (QED) is 0.758. The standard InChI is InChI=1S/C22H22N2O/c25-22(24-13-16(14-24)11-15-5-2-1-3-6-15)21-12-19-18(17-9-10-17)7-4-8-20(19)23-21/h1-8,12,16-17,23H,9-11,13-14H2. The van der Waals surface area contributed by atoms with Crippen molar-refractivity contribution in [3.63, 3.8) is 0 Å². The van der Waals surface area contributed by atoms with Crippen LogP contribution in [0, 0.1) is 5.92 Å².